The molecule has 2 aromatic rings. The maximum absolute atomic E-state index is 13.7. The molecule has 2 fully saturated rings. The van der Waals surface area contributed by atoms with Gasteiger partial charge in [-0.25, -0.2) is 0 Å². The molecule has 1 heterocycles. The molecule has 4 nitrogen and oxygen atoms in total. The summed E-state index contributed by atoms with van der Waals surface area (Å²) in [4.78, 5) is 18.4. The summed E-state index contributed by atoms with van der Waals surface area (Å²) in [7, 11) is 1.73. The molecule has 0 spiro atoms. The number of para-hydroxylation sites is 2. The first-order valence-electron chi connectivity index (χ1n) is 12.0. The van der Waals surface area contributed by atoms with Gasteiger partial charge in [0, 0.05) is 32.1 Å². The van der Waals surface area contributed by atoms with Crippen LogP contribution in [0.4, 0.5) is 5.69 Å². The van der Waals surface area contributed by atoms with Crippen LogP contribution in [0.15, 0.2) is 66.9 Å². The smallest absolute Gasteiger partial charge is 0.150 e. The summed E-state index contributed by atoms with van der Waals surface area (Å²) in [6.07, 6.45) is 10.0. The second-order valence-corrected chi connectivity index (χ2v) is 9.28. The summed E-state index contributed by atoms with van der Waals surface area (Å²) in [5.74, 6) is 1.49. The topological polar surface area (TPSA) is 32.8 Å². The molecule has 0 aromatic heterocycles. The zero-order valence-corrected chi connectivity index (χ0v) is 19.5. The van der Waals surface area contributed by atoms with Crippen molar-refractivity contribution in [1.82, 2.24) is 4.90 Å². The molecule has 4 heteroatoms. The van der Waals surface area contributed by atoms with Crippen LogP contribution in [0.5, 0.6) is 5.75 Å². The third-order valence-corrected chi connectivity index (χ3v) is 7.22. The zero-order valence-electron chi connectivity index (χ0n) is 19.5. The molecule has 1 aliphatic heterocycles. The van der Waals surface area contributed by atoms with Crippen LogP contribution in [0, 0.1) is 5.92 Å². The number of benzene rings is 2. The molecule has 1 saturated carbocycles. The Labute approximate surface area is 192 Å². The van der Waals surface area contributed by atoms with Gasteiger partial charge in [0.1, 0.15) is 11.5 Å². The van der Waals surface area contributed by atoms with Crippen LogP contribution in [0.1, 0.15) is 44.6 Å². The molecule has 2 aliphatic rings. The van der Waals surface area contributed by atoms with E-state index in [1.54, 1.807) is 7.11 Å². The minimum Gasteiger partial charge on any atom is -0.495 e. The van der Waals surface area contributed by atoms with Gasteiger partial charge in [0.2, 0.25) is 0 Å². The van der Waals surface area contributed by atoms with E-state index in [0.717, 1.165) is 56.0 Å². The molecule has 1 unspecified atom stereocenters. The van der Waals surface area contributed by atoms with E-state index < -0.39 is 5.41 Å². The predicted molar refractivity (Wildman–Crippen MR) is 131 cm³/mol. The second kappa shape index (κ2) is 10.2. The molecule has 0 amide bonds. The lowest BCUT2D eigenvalue weighted by Gasteiger charge is -2.37. The average molecular weight is 433 g/mol. The third-order valence-electron chi connectivity index (χ3n) is 7.22. The highest BCUT2D eigenvalue weighted by Crippen LogP contribution is 2.36. The van der Waals surface area contributed by atoms with Crippen LogP contribution < -0.4 is 9.64 Å². The number of ketones is 1. The monoisotopic (exact) mass is 432 g/mol. The van der Waals surface area contributed by atoms with Crippen molar-refractivity contribution in [3.05, 3.63) is 72.4 Å². The van der Waals surface area contributed by atoms with Crippen LogP contribution in [-0.2, 0) is 10.2 Å². The van der Waals surface area contributed by atoms with Crippen molar-refractivity contribution in [3.63, 3.8) is 0 Å². The molecule has 1 aliphatic carbocycles. The van der Waals surface area contributed by atoms with Crippen molar-refractivity contribution >= 4 is 11.5 Å². The van der Waals surface area contributed by atoms with Crippen molar-refractivity contribution in [2.75, 3.05) is 38.2 Å². The van der Waals surface area contributed by atoms with Crippen molar-refractivity contribution in [2.45, 2.75) is 44.4 Å². The maximum atomic E-state index is 13.7. The number of Topliss-reactive ketones (excluding diaryl/α,β-unsaturated/α-hetero) is 1. The van der Waals surface area contributed by atoms with Crippen molar-refractivity contribution in [1.29, 1.82) is 0 Å². The summed E-state index contributed by atoms with van der Waals surface area (Å²) in [6, 6.07) is 18.5. The Hall–Kier alpha value is -2.75. The summed E-state index contributed by atoms with van der Waals surface area (Å²) in [5.41, 5.74) is 1.67. The number of allylic oxidation sites excluding steroid dienone is 1. The predicted octanol–water partition coefficient (Wildman–Crippen LogP) is 5.44. The number of piperazine rings is 1. The van der Waals surface area contributed by atoms with Crippen molar-refractivity contribution < 1.29 is 9.53 Å². The molecule has 1 atom stereocenters. The minimum absolute atomic E-state index is 0.181. The Kier molecular flexibility index (Phi) is 7.19. The molecular weight excluding hydrogens is 396 g/mol. The SMILES string of the molecule is COc1ccccc1N1CCN(/C=C/C(C)(C(=O)C2CCCCC2)c2ccccc2)CC1. The second-order valence-electron chi connectivity index (χ2n) is 9.28. The summed E-state index contributed by atoms with van der Waals surface area (Å²) >= 11 is 0. The van der Waals surface area contributed by atoms with E-state index in [2.05, 4.69) is 53.3 Å². The number of rotatable bonds is 7. The van der Waals surface area contributed by atoms with Crippen LogP contribution in [-0.4, -0.2) is 44.0 Å². The Morgan fingerprint density at radius 2 is 1.59 bits per heavy atom. The number of anilines is 1. The molecule has 0 bridgehead atoms. The molecule has 32 heavy (non-hydrogen) atoms. The highest BCUT2D eigenvalue weighted by molar-refractivity contribution is 5.93. The number of methoxy groups -OCH3 is 1. The van der Waals surface area contributed by atoms with Gasteiger partial charge in [-0.05, 0) is 43.7 Å². The van der Waals surface area contributed by atoms with Gasteiger partial charge in [-0.15, -0.1) is 0 Å². The maximum Gasteiger partial charge on any atom is 0.150 e. The van der Waals surface area contributed by atoms with Gasteiger partial charge in [-0.3, -0.25) is 4.79 Å². The van der Waals surface area contributed by atoms with Gasteiger partial charge in [-0.2, -0.15) is 0 Å². The van der Waals surface area contributed by atoms with E-state index in [9.17, 15) is 4.79 Å². The highest BCUT2D eigenvalue weighted by Gasteiger charge is 2.37. The van der Waals surface area contributed by atoms with Crippen LogP contribution in [0.2, 0.25) is 0 Å². The van der Waals surface area contributed by atoms with E-state index in [0.29, 0.717) is 5.78 Å². The summed E-state index contributed by atoms with van der Waals surface area (Å²) in [6.45, 7) is 5.83. The fourth-order valence-corrected chi connectivity index (χ4v) is 5.15. The average Bonchev–Trinajstić information content (AvgIpc) is 2.88. The van der Waals surface area contributed by atoms with Gasteiger partial charge >= 0.3 is 0 Å². The lowest BCUT2D eigenvalue weighted by atomic mass is 9.70. The molecule has 170 valence electrons. The van der Waals surface area contributed by atoms with Crippen LogP contribution in [0.25, 0.3) is 0 Å². The molecule has 2 aromatic carbocycles. The van der Waals surface area contributed by atoms with Gasteiger partial charge in [0.05, 0.1) is 18.2 Å². The number of hydrogen-bond acceptors (Lipinski definition) is 4. The van der Waals surface area contributed by atoms with Crippen LogP contribution in [0.3, 0.4) is 0 Å². The number of carbonyl (C=O) groups is 1. The van der Waals surface area contributed by atoms with Crippen molar-refractivity contribution in [3.8, 4) is 5.75 Å². The summed E-state index contributed by atoms with van der Waals surface area (Å²) in [5, 5.41) is 0. The fourth-order valence-electron chi connectivity index (χ4n) is 5.15. The van der Waals surface area contributed by atoms with E-state index in [1.165, 1.54) is 19.3 Å². The minimum atomic E-state index is -0.580. The van der Waals surface area contributed by atoms with E-state index in [-0.39, 0.29) is 5.92 Å². The van der Waals surface area contributed by atoms with Gasteiger partial charge < -0.3 is 14.5 Å². The zero-order chi connectivity index (χ0) is 22.4. The number of nitrogens with zero attached hydrogens (tertiary/aromatic N) is 2. The largest absolute Gasteiger partial charge is 0.495 e. The lowest BCUT2D eigenvalue weighted by Crippen LogP contribution is -2.44. The standard InChI is InChI=1S/C28H36N2O2/c1-28(24-13-7-4-8-14-24,27(31)23-11-5-3-6-12-23)17-18-29-19-21-30(22-20-29)25-15-9-10-16-26(25)32-2/h4,7-10,13-18,23H,3,5-6,11-12,19-22H2,1-2H3/b18-17+. The molecule has 4 rings (SSSR count). The normalized spacial score (nSPS) is 19.7. The molecule has 0 N–H and O–H groups in total. The molecule has 1 saturated heterocycles. The van der Waals surface area contributed by atoms with E-state index in [1.807, 2.05) is 30.3 Å². The Bertz CT molecular complexity index is 912. The highest BCUT2D eigenvalue weighted by atomic mass is 16.5. The Morgan fingerprint density at radius 1 is 0.938 bits per heavy atom. The Morgan fingerprint density at radius 3 is 2.28 bits per heavy atom. The van der Waals surface area contributed by atoms with E-state index in [4.69, 9.17) is 4.74 Å². The summed E-state index contributed by atoms with van der Waals surface area (Å²) < 4.78 is 5.54. The fraction of sp³-hybridized carbons (Fsp3) is 0.464. The first kappa shape index (κ1) is 22.4. The Balaban J connectivity index is 1.48. The van der Waals surface area contributed by atoms with Gasteiger partial charge in [0.15, 0.2) is 0 Å². The first-order chi connectivity index (χ1) is 15.6. The van der Waals surface area contributed by atoms with Gasteiger partial charge in [0.25, 0.3) is 0 Å². The number of hydrogen-bond donors (Lipinski definition) is 0. The molecule has 0 radical (unpaired) electrons. The lowest BCUT2D eigenvalue weighted by molar-refractivity contribution is -0.127. The quantitative estimate of drug-likeness (QED) is 0.583. The number of carbonyl (C=O) groups excluding carboxylic acids is 1. The number of ether oxygens (including phenoxy) is 1. The molecular formula is C28H36N2O2. The first-order valence-corrected chi connectivity index (χ1v) is 12.0. The van der Waals surface area contributed by atoms with E-state index >= 15 is 0 Å². The van der Waals surface area contributed by atoms with Gasteiger partial charge in [-0.1, -0.05) is 67.8 Å². The van der Waals surface area contributed by atoms with Crippen molar-refractivity contribution in [2.24, 2.45) is 5.92 Å². The third kappa shape index (κ3) is 4.85. The van der Waals surface area contributed by atoms with Crippen LogP contribution >= 0.6 is 0 Å².